The Morgan fingerprint density at radius 1 is 1.06 bits per heavy atom. The smallest absolute Gasteiger partial charge is 0.269 e. The molecule has 3 aromatic heterocycles. The van der Waals surface area contributed by atoms with E-state index in [0.29, 0.717) is 30.7 Å². The Labute approximate surface area is 190 Å². The third-order valence-corrected chi connectivity index (χ3v) is 5.55. The van der Waals surface area contributed by atoms with E-state index in [1.807, 2.05) is 36.1 Å². The number of pyridine rings is 1. The number of nitrogens with zero attached hydrogens (tertiary/aromatic N) is 6. The van der Waals surface area contributed by atoms with Crippen LogP contribution in [-0.2, 0) is 11.8 Å². The maximum Gasteiger partial charge on any atom is 0.269 e. The van der Waals surface area contributed by atoms with Crippen LogP contribution in [0.3, 0.4) is 0 Å². The van der Waals surface area contributed by atoms with Crippen LogP contribution in [0, 0.1) is 0 Å². The zero-order valence-corrected chi connectivity index (χ0v) is 18.4. The third-order valence-electron chi connectivity index (χ3n) is 5.55. The molecule has 10 nitrogen and oxygen atoms in total. The normalized spacial score (nSPS) is 13.8. The number of aromatic nitrogens is 5. The zero-order chi connectivity index (χ0) is 22.8. The molecule has 1 saturated heterocycles. The molecule has 1 amide bonds. The van der Waals surface area contributed by atoms with E-state index in [1.165, 1.54) is 0 Å². The highest BCUT2D eigenvalue weighted by Gasteiger charge is 2.17. The van der Waals surface area contributed by atoms with Gasteiger partial charge in [0, 0.05) is 44.2 Å². The number of morpholine rings is 1. The number of rotatable bonds is 5. The molecular formula is C23H24N8O2. The Kier molecular flexibility index (Phi) is 5.57. The number of anilines is 3. The summed E-state index contributed by atoms with van der Waals surface area (Å²) in [5.41, 5.74) is 3.88. The van der Waals surface area contributed by atoms with Crippen LogP contribution in [0.25, 0.3) is 22.2 Å². The van der Waals surface area contributed by atoms with Crippen molar-refractivity contribution >= 4 is 34.3 Å². The molecule has 1 aliphatic rings. The molecule has 0 unspecified atom stereocenters. The van der Waals surface area contributed by atoms with Gasteiger partial charge in [-0.3, -0.25) is 9.48 Å². The number of fused-ring (bicyclic) bond motifs is 1. The molecule has 4 aromatic rings. The topological polar surface area (TPSA) is 110 Å². The van der Waals surface area contributed by atoms with Gasteiger partial charge in [0.15, 0.2) is 0 Å². The lowest BCUT2D eigenvalue weighted by atomic mass is 10.1. The van der Waals surface area contributed by atoms with Crippen molar-refractivity contribution in [3.8, 4) is 11.3 Å². The van der Waals surface area contributed by atoms with Crippen molar-refractivity contribution in [2.45, 2.75) is 0 Å². The van der Waals surface area contributed by atoms with Crippen LogP contribution in [-0.4, -0.2) is 64.0 Å². The first-order valence-corrected chi connectivity index (χ1v) is 10.7. The lowest BCUT2D eigenvalue weighted by Crippen LogP contribution is -2.37. The van der Waals surface area contributed by atoms with Crippen molar-refractivity contribution in [3.63, 3.8) is 0 Å². The summed E-state index contributed by atoms with van der Waals surface area (Å²) in [6.07, 6.45) is 3.46. The molecule has 1 fully saturated rings. The van der Waals surface area contributed by atoms with E-state index in [1.54, 1.807) is 25.4 Å². The van der Waals surface area contributed by atoms with E-state index < -0.39 is 0 Å². The molecule has 0 spiro atoms. The minimum absolute atomic E-state index is 0.231. The summed E-state index contributed by atoms with van der Waals surface area (Å²) in [4.78, 5) is 27.7. The molecule has 2 N–H and O–H groups in total. The van der Waals surface area contributed by atoms with Gasteiger partial charge < -0.3 is 20.3 Å². The number of hydrogen-bond acceptors (Lipinski definition) is 8. The lowest BCUT2D eigenvalue weighted by Gasteiger charge is -2.27. The van der Waals surface area contributed by atoms with Crippen LogP contribution in [0.5, 0.6) is 0 Å². The predicted molar refractivity (Wildman–Crippen MR) is 126 cm³/mol. The summed E-state index contributed by atoms with van der Waals surface area (Å²) >= 11 is 0. The van der Waals surface area contributed by atoms with E-state index in [9.17, 15) is 4.79 Å². The number of benzene rings is 1. The number of ether oxygens (including phenoxy) is 1. The van der Waals surface area contributed by atoms with E-state index >= 15 is 0 Å². The minimum Gasteiger partial charge on any atom is -0.378 e. The molecule has 0 saturated carbocycles. The average Bonchev–Trinajstić information content (AvgIpc) is 3.24. The van der Waals surface area contributed by atoms with Crippen molar-refractivity contribution in [1.29, 1.82) is 0 Å². The molecule has 0 bridgehead atoms. The maximum atomic E-state index is 11.8. The number of carbonyl (C=O) groups excluding carboxylic acids is 1. The van der Waals surface area contributed by atoms with Crippen molar-refractivity contribution in [2.75, 3.05) is 43.6 Å². The summed E-state index contributed by atoms with van der Waals surface area (Å²) < 4.78 is 7.34. The first-order valence-electron chi connectivity index (χ1n) is 10.7. The number of nitrogens with one attached hydrogen (secondary N) is 2. The Bertz CT molecular complexity index is 1300. The Morgan fingerprint density at radius 2 is 1.91 bits per heavy atom. The quantitative estimate of drug-likeness (QED) is 0.483. The van der Waals surface area contributed by atoms with E-state index in [-0.39, 0.29) is 5.91 Å². The maximum absolute atomic E-state index is 11.8. The third kappa shape index (κ3) is 4.33. The van der Waals surface area contributed by atoms with Gasteiger partial charge in [-0.05, 0) is 18.2 Å². The van der Waals surface area contributed by atoms with Gasteiger partial charge in [-0.15, -0.1) is 0 Å². The molecular weight excluding hydrogens is 420 g/mol. The molecule has 5 rings (SSSR count). The summed E-state index contributed by atoms with van der Waals surface area (Å²) in [6.45, 7) is 2.74. The van der Waals surface area contributed by atoms with Gasteiger partial charge in [-0.1, -0.05) is 12.1 Å². The fourth-order valence-corrected chi connectivity index (χ4v) is 3.73. The molecule has 1 aromatic carbocycles. The number of carbonyl (C=O) groups is 1. The van der Waals surface area contributed by atoms with Crippen LogP contribution < -0.4 is 15.5 Å². The van der Waals surface area contributed by atoms with Crippen LogP contribution in [0.1, 0.15) is 10.5 Å². The van der Waals surface area contributed by atoms with Gasteiger partial charge in [-0.2, -0.15) is 10.1 Å². The second kappa shape index (κ2) is 8.83. The number of aryl methyl sites for hydroxylation is 1. The van der Waals surface area contributed by atoms with Gasteiger partial charge in [0.1, 0.15) is 11.5 Å². The van der Waals surface area contributed by atoms with Gasteiger partial charge in [0.05, 0.1) is 42.5 Å². The highest BCUT2D eigenvalue weighted by atomic mass is 16.5. The van der Waals surface area contributed by atoms with E-state index in [4.69, 9.17) is 14.7 Å². The van der Waals surface area contributed by atoms with Gasteiger partial charge in [0.2, 0.25) is 5.95 Å². The predicted octanol–water partition coefficient (Wildman–Crippen LogP) is 2.37. The van der Waals surface area contributed by atoms with Crippen molar-refractivity contribution < 1.29 is 9.53 Å². The molecule has 0 atom stereocenters. The first-order chi connectivity index (χ1) is 16.1. The van der Waals surface area contributed by atoms with Gasteiger partial charge >= 0.3 is 0 Å². The Morgan fingerprint density at radius 3 is 2.67 bits per heavy atom. The molecule has 4 heterocycles. The summed E-state index contributed by atoms with van der Waals surface area (Å²) in [6, 6.07) is 11.5. The molecule has 10 heteroatoms. The molecule has 168 valence electrons. The van der Waals surface area contributed by atoms with E-state index in [2.05, 4.69) is 31.7 Å². The monoisotopic (exact) mass is 444 g/mol. The molecule has 33 heavy (non-hydrogen) atoms. The average molecular weight is 444 g/mol. The fourth-order valence-electron chi connectivity index (χ4n) is 3.73. The minimum atomic E-state index is -0.231. The SMILES string of the molecule is CNC(=O)c1ccc(Nc2cc(-c3ccc4cnn(C)c4c3)nc(N3CCOCC3)n2)cn1. The zero-order valence-electron chi connectivity index (χ0n) is 18.4. The Balaban J connectivity index is 1.52. The van der Waals surface area contributed by atoms with Crippen molar-refractivity contribution in [3.05, 3.63) is 54.5 Å². The number of hydrogen-bond donors (Lipinski definition) is 2. The second-order valence-electron chi connectivity index (χ2n) is 7.72. The fraction of sp³-hybridized carbons (Fsp3) is 0.261. The van der Waals surface area contributed by atoms with Crippen molar-refractivity contribution in [2.24, 2.45) is 7.05 Å². The summed E-state index contributed by atoms with van der Waals surface area (Å²) in [7, 11) is 3.50. The van der Waals surface area contributed by atoms with Gasteiger partial charge in [-0.25, -0.2) is 9.97 Å². The van der Waals surface area contributed by atoms with Gasteiger partial charge in [0.25, 0.3) is 5.91 Å². The van der Waals surface area contributed by atoms with Crippen LogP contribution >= 0.6 is 0 Å². The van der Waals surface area contributed by atoms with Crippen LogP contribution in [0.2, 0.25) is 0 Å². The summed E-state index contributed by atoms with van der Waals surface area (Å²) in [5.74, 6) is 1.05. The second-order valence-corrected chi connectivity index (χ2v) is 7.72. The van der Waals surface area contributed by atoms with Crippen molar-refractivity contribution in [1.82, 2.24) is 30.0 Å². The van der Waals surface area contributed by atoms with Crippen LogP contribution in [0.4, 0.5) is 17.5 Å². The molecule has 0 aliphatic carbocycles. The lowest BCUT2D eigenvalue weighted by molar-refractivity contribution is 0.0958. The highest BCUT2D eigenvalue weighted by molar-refractivity contribution is 5.92. The standard InChI is InChI=1S/C23H24N8O2/c1-24-22(32)18-6-5-17(14-25-18)27-21-12-19(28-23(29-21)31-7-9-33-10-8-31)15-3-4-16-13-26-30(2)20(16)11-15/h3-6,11-14H,7-10H2,1-2H3,(H,24,32)(H,27,28,29). The van der Waals surface area contributed by atoms with Crippen LogP contribution in [0.15, 0.2) is 48.8 Å². The molecule has 0 radical (unpaired) electrons. The highest BCUT2D eigenvalue weighted by Crippen LogP contribution is 2.28. The van der Waals surface area contributed by atoms with E-state index in [0.717, 1.165) is 40.9 Å². The largest absolute Gasteiger partial charge is 0.378 e. The first kappa shape index (κ1) is 20.8. The summed E-state index contributed by atoms with van der Waals surface area (Å²) in [5, 5.41) is 11.3. The number of amides is 1. The molecule has 1 aliphatic heterocycles. The Hall–Kier alpha value is -4.05.